The van der Waals surface area contributed by atoms with Crippen molar-refractivity contribution in [2.45, 2.75) is 25.1 Å². The Balaban J connectivity index is 1.57. The SMILES string of the molecule is C=C[C@H]1CCN1c1nc(N2C[C@@H]3C(CC(=O)O)[C@@H]3C2)cc(C(F)(F)F)n1. The second-order valence-electron chi connectivity index (χ2n) is 7.19. The van der Waals surface area contributed by atoms with Crippen molar-refractivity contribution in [1.29, 1.82) is 0 Å². The molecule has 1 saturated carbocycles. The Morgan fingerprint density at radius 1 is 1.35 bits per heavy atom. The minimum atomic E-state index is -4.55. The fourth-order valence-electron chi connectivity index (χ4n) is 4.10. The van der Waals surface area contributed by atoms with Gasteiger partial charge in [0, 0.05) is 32.1 Å². The molecule has 1 aromatic rings. The highest BCUT2D eigenvalue weighted by Gasteiger charge is 2.56. The van der Waals surface area contributed by atoms with Gasteiger partial charge in [-0.05, 0) is 24.2 Å². The van der Waals surface area contributed by atoms with E-state index in [0.717, 1.165) is 12.5 Å². The second-order valence-corrected chi connectivity index (χ2v) is 7.19. The molecular formula is C17H19F3N4O2. The van der Waals surface area contributed by atoms with Gasteiger partial charge in [-0.15, -0.1) is 6.58 Å². The van der Waals surface area contributed by atoms with E-state index in [1.807, 2.05) is 4.90 Å². The normalized spacial score (nSPS) is 30.0. The van der Waals surface area contributed by atoms with Crippen LogP contribution in [0, 0.1) is 17.8 Å². The van der Waals surface area contributed by atoms with Gasteiger partial charge in [0.2, 0.25) is 5.95 Å². The largest absolute Gasteiger partial charge is 0.481 e. The molecule has 1 aromatic heterocycles. The summed E-state index contributed by atoms with van der Waals surface area (Å²) in [5.41, 5.74) is -0.949. The maximum atomic E-state index is 13.3. The lowest BCUT2D eigenvalue weighted by Crippen LogP contribution is -2.47. The van der Waals surface area contributed by atoms with Crippen LogP contribution in [0.4, 0.5) is 24.9 Å². The Morgan fingerprint density at radius 2 is 2.04 bits per heavy atom. The number of piperidine rings is 1. The molecule has 9 heteroatoms. The Bertz CT molecular complexity index is 742. The van der Waals surface area contributed by atoms with E-state index in [2.05, 4.69) is 16.5 Å². The van der Waals surface area contributed by atoms with E-state index in [9.17, 15) is 18.0 Å². The number of nitrogens with zero attached hydrogens (tertiary/aromatic N) is 4. The second kappa shape index (κ2) is 5.85. The molecule has 0 bridgehead atoms. The van der Waals surface area contributed by atoms with Gasteiger partial charge >= 0.3 is 12.1 Å². The molecule has 0 spiro atoms. The number of alkyl halides is 3. The molecule has 6 nitrogen and oxygen atoms in total. The van der Waals surface area contributed by atoms with Gasteiger partial charge < -0.3 is 14.9 Å². The third-order valence-electron chi connectivity index (χ3n) is 5.69. The number of carbonyl (C=O) groups is 1. The summed E-state index contributed by atoms with van der Waals surface area (Å²) in [5.74, 6) is 0.0973. The molecule has 3 fully saturated rings. The lowest BCUT2D eigenvalue weighted by atomic mass is 10.0. The molecule has 3 aliphatic rings. The summed E-state index contributed by atoms with van der Waals surface area (Å²) < 4.78 is 39.8. The first-order valence-electron chi connectivity index (χ1n) is 8.60. The quantitative estimate of drug-likeness (QED) is 0.805. The zero-order valence-electron chi connectivity index (χ0n) is 14.0. The van der Waals surface area contributed by atoms with Crippen LogP contribution in [0.5, 0.6) is 0 Å². The minimum absolute atomic E-state index is 0.0433. The van der Waals surface area contributed by atoms with Crippen molar-refractivity contribution in [3.05, 3.63) is 24.4 Å². The van der Waals surface area contributed by atoms with E-state index >= 15 is 0 Å². The van der Waals surface area contributed by atoms with Gasteiger partial charge in [-0.2, -0.15) is 18.2 Å². The molecule has 2 saturated heterocycles. The number of aromatic nitrogens is 2. The third kappa shape index (κ3) is 2.89. The maximum absolute atomic E-state index is 13.3. The number of carboxylic acid groups (broad SMARTS) is 1. The van der Waals surface area contributed by atoms with Crippen LogP contribution in [0.2, 0.25) is 0 Å². The average Bonchev–Trinajstić information content (AvgIpc) is 2.96. The number of carboxylic acids is 1. The number of hydrogen-bond donors (Lipinski definition) is 1. The lowest BCUT2D eigenvalue weighted by molar-refractivity contribution is -0.141. The van der Waals surface area contributed by atoms with E-state index in [1.54, 1.807) is 11.0 Å². The fourth-order valence-corrected chi connectivity index (χ4v) is 4.10. The van der Waals surface area contributed by atoms with Crippen LogP contribution in [-0.2, 0) is 11.0 Å². The number of hydrogen-bond acceptors (Lipinski definition) is 5. The Labute approximate surface area is 148 Å². The topological polar surface area (TPSA) is 69.6 Å². The van der Waals surface area contributed by atoms with Crippen molar-refractivity contribution >= 4 is 17.7 Å². The van der Waals surface area contributed by atoms with E-state index in [0.29, 0.717) is 19.6 Å². The van der Waals surface area contributed by atoms with Crippen LogP contribution in [0.25, 0.3) is 0 Å². The van der Waals surface area contributed by atoms with Crippen LogP contribution in [0.3, 0.4) is 0 Å². The van der Waals surface area contributed by atoms with Crippen molar-refractivity contribution in [3.8, 4) is 0 Å². The maximum Gasteiger partial charge on any atom is 0.433 e. The van der Waals surface area contributed by atoms with Crippen molar-refractivity contribution < 1.29 is 23.1 Å². The number of halogens is 3. The highest BCUT2D eigenvalue weighted by molar-refractivity contribution is 5.68. The molecule has 0 aromatic carbocycles. The van der Waals surface area contributed by atoms with Crippen LogP contribution in [-0.4, -0.2) is 46.7 Å². The first-order valence-corrected chi connectivity index (χ1v) is 8.60. The molecule has 0 radical (unpaired) electrons. The van der Waals surface area contributed by atoms with E-state index in [4.69, 9.17) is 5.11 Å². The zero-order chi connectivity index (χ0) is 18.6. The van der Waals surface area contributed by atoms with Gasteiger partial charge in [0.1, 0.15) is 5.82 Å². The number of aliphatic carboxylic acids is 1. The summed E-state index contributed by atoms with van der Waals surface area (Å²) in [4.78, 5) is 22.5. The monoisotopic (exact) mass is 368 g/mol. The molecule has 140 valence electrons. The Kier molecular flexibility index (Phi) is 3.85. The Hall–Kier alpha value is -2.32. The van der Waals surface area contributed by atoms with Crippen molar-refractivity contribution in [1.82, 2.24) is 9.97 Å². The van der Waals surface area contributed by atoms with Gasteiger partial charge in [0.05, 0.1) is 6.04 Å². The molecule has 26 heavy (non-hydrogen) atoms. The molecule has 1 unspecified atom stereocenters. The first kappa shape index (κ1) is 17.1. The average molecular weight is 368 g/mol. The summed E-state index contributed by atoms with van der Waals surface area (Å²) in [7, 11) is 0. The van der Waals surface area contributed by atoms with Crippen molar-refractivity contribution in [3.63, 3.8) is 0 Å². The zero-order valence-corrected chi connectivity index (χ0v) is 14.0. The number of fused-ring (bicyclic) bond motifs is 1. The van der Waals surface area contributed by atoms with Gasteiger partial charge in [-0.1, -0.05) is 6.08 Å². The number of rotatable bonds is 5. The van der Waals surface area contributed by atoms with Crippen molar-refractivity contribution in [2.75, 3.05) is 29.4 Å². The van der Waals surface area contributed by atoms with E-state index in [-0.39, 0.29) is 42.0 Å². The predicted octanol–water partition coefficient (Wildman–Crippen LogP) is 2.42. The summed E-state index contributed by atoms with van der Waals surface area (Å²) in [6.07, 6.45) is -1.91. The molecule has 2 aliphatic heterocycles. The molecule has 1 aliphatic carbocycles. The number of anilines is 2. The lowest BCUT2D eigenvalue weighted by Gasteiger charge is -2.39. The smallest absolute Gasteiger partial charge is 0.433 e. The molecule has 3 heterocycles. The summed E-state index contributed by atoms with van der Waals surface area (Å²) in [5, 5.41) is 8.89. The first-order chi connectivity index (χ1) is 12.3. The van der Waals surface area contributed by atoms with E-state index < -0.39 is 17.8 Å². The predicted molar refractivity (Wildman–Crippen MR) is 87.9 cm³/mol. The third-order valence-corrected chi connectivity index (χ3v) is 5.69. The van der Waals surface area contributed by atoms with Crippen LogP contribution >= 0.6 is 0 Å². The van der Waals surface area contributed by atoms with Gasteiger partial charge in [0.15, 0.2) is 5.69 Å². The standard InChI is InChI=1S/C17H19F3N4O2/c1-2-9-3-4-24(9)16-21-13(17(18,19)20)6-14(22-16)23-7-11-10(5-15(25)26)12(11)8-23/h2,6,9-12H,1,3-5,7-8H2,(H,25,26)/t9-,10?,11-,12+/m0/s1. The van der Waals surface area contributed by atoms with Crippen LogP contribution in [0.15, 0.2) is 18.7 Å². The van der Waals surface area contributed by atoms with Crippen LogP contribution in [0.1, 0.15) is 18.5 Å². The highest BCUT2D eigenvalue weighted by atomic mass is 19.4. The summed E-state index contributed by atoms with van der Waals surface area (Å²) in [6, 6.07) is 0.946. The van der Waals surface area contributed by atoms with E-state index in [1.165, 1.54) is 0 Å². The molecule has 4 rings (SSSR count). The van der Waals surface area contributed by atoms with Gasteiger partial charge in [0.25, 0.3) is 0 Å². The minimum Gasteiger partial charge on any atom is -0.481 e. The van der Waals surface area contributed by atoms with Crippen LogP contribution < -0.4 is 9.80 Å². The summed E-state index contributed by atoms with van der Waals surface area (Å²) >= 11 is 0. The highest BCUT2D eigenvalue weighted by Crippen LogP contribution is 2.54. The Morgan fingerprint density at radius 3 is 2.54 bits per heavy atom. The van der Waals surface area contributed by atoms with Gasteiger partial charge in [-0.3, -0.25) is 4.79 Å². The van der Waals surface area contributed by atoms with Crippen molar-refractivity contribution in [2.24, 2.45) is 17.8 Å². The molecule has 1 N–H and O–H groups in total. The summed E-state index contributed by atoms with van der Waals surface area (Å²) in [6.45, 7) is 5.39. The van der Waals surface area contributed by atoms with Gasteiger partial charge in [-0.25, -0.2) is 4.98 Å². The molecule has 4 atom stereocenters. The fraction of sp³-hybridized carbons (Fsp3) is 0.588. The molecule has 0 amide bonds. The molecular weight excluding hydrogens is 349 g/mol.